The van der Waals surface area contributed by atoms with Gasteiger partial charge in [-0.05, 0) is 67.1 Å². The maximum absolute atomic E-state index is 12.5. The molecule has 0 atom stereocenters. The van der Waals surface area contributed by atoms with Crippen LogP contribution in [0.3, 0.4) is 0 Å². The van der Waals surface area contributed by atoms with E-state index in [1.54, 1.807) is 24.3 Å². The Hall–Kier alpha value is -2.64. The average Bonchev–Trinajstić information content (AvgIpc) is 3.34. The van der Waals surface area contributed by atoms with E-state index in [1.807, 2.05) is 18.2 Å². The highest BCUT2D eigenvalue weighted by atomic mass is 35.5. The molecule has 4 rings (SSSR count). The minimum Gasteiger partial charge on any atom is -0.457 e. The fraction of sp³-hybridized carbons (Fsp3) is 0.238. The Morgan fingerprint density at radius 1 is 1.21 bits per heavy atom. The number of hydrogen-bond acceptors (Lipinski definition) is 5. The topological polar surface area (TPSA) is 82.0 Å². The molecule has 29 heavy (non-hydrogen) atoms. The van der Waals surface area contributed by atoms with Gasteiger partial charge in [0.25, 0.3) is 5.91 Å². The summed E-state index contributed by atoms with van der Waals surface area (Å²) in [5, 5.41) is 16.4. The molecule has 1 amide bonds. The third-order valence-electron chi connectivity index (χ3n) is 4.85. The van der Waals surface area contributed by atoms with Crippen molar-refractivity contribution in [3.8, 4) is 11.3 Å². The highest BCUT2D eigenvalue weighted by molar-refractivity contribution is 8.27. The van der Waals surface area contributed by atoms with E-state index in [-0.39, 0.29) is 11.4 Å². The first kappa shape index (κ1) is 19.7. The SMILES string of the molecule is CCC(CC)C1=NN2C(=N)C(=Cc3ccc(-c4ccc(Cl)cc4)o3)C(=O)N=C2S1. The van der Waals surface area contributed by atoms with E-state index in [0.717, 1.165) is 23.4 Å². The fourth-order valence-corrected chi connectivity index (χ4v) is 4.43. The van der Waals surface area contributed by atoms with Gasteiger partial charge >= 0.3 is 0 Å². The summed E-state index contributed by atoms with van der Waals surface area (Å²) in [5.41, 5.74) is 1.03. The molecule has 0 saturated carbocycles. The number of nitrogens with one attached hydrogen (secondary N) is 1. The smallest absolute Gasteiger partial charge is 0.283 e. The lowest BCUT2D eigenvalue weighted by Gasteiger charge is -2.19. The number of hydrazone groups is 1. The zero-order chi connectivity index (χ0) is 20.5. The van der Waals surface area contributed by atoms with E-state index in [9.17, 15) is 4.79 Å². The first-order valence-corrected chi connectivity index (χ1v) is 10.6. The summed E-state index contributed by atoms with van der Waals surface area (Å²) in [5.74, 6) is 0.976. The summed E-state index contributed by atoms with van der Waals surface area (Å²) in [6.45, 7) is 4.21. The van der Waals surface area contributed by atoms with Crippen LogP contribution in [0.4, 0.5) is 0 Å². The molecule has 0 saturated heterocycles. The summed E-state index contributed by atoms with van der Waals surface area (Å²) in [6.07, 6.45) is 3.44. The van der Waals surface area contributed by atoms with Crippen LogP contribution in [0.5, 0.6) is 0 Å². The molecule has 0 bridgehead atoms. The van der Waals surface area contributed by atoms with Crippen molar-refractivity contribution in [2.75, 3.05) is 0 Å². The summed E-state index contributed by atoms with van der Waals surface area (Å²) < 4.78 is 5.84. The van der Waals surface area contributed by atoms with Gasteiger partial charge < -0.3 is 4.42 Å². The lowest BCUT2D eigenvalue weighted by molar-refractivity contribution is -0.114. The molecule has 3 heterocycles. The number of fused-ring (bicyclic) bond motifs is 1. The molecule has 0 radical (unpaired) electrons. The first-order valence-electron chi connectivity index (χ1n) is 9.36. The van der Waals surface area contributed by atoms with Gasteiger partial charge in [0.1, 0.15) is 16.6 Å². The summed E-state index contributed by atoms with van der Waals surface area (Å²) >= 11 is 7.30. The molecule has 0 fully saturated rings. The number of rotatable bonds is 5. The molecule has 8 heteroatoms. The van der Waals surface area contributed by atoms with Gasteiger partial charge in [0.05, 0.1) is 5.57 Å². The molecule has 2 aromatic rings. The molecule has 6 nitrogen and oxygen atoms in total. The Labute approximate surface area is 177 Å². The second-order valence-electron chi connectivity index (χ2n) is 6.68. The van der Waals surface area contributed by atoms with Crippen LogP contribution in [0.2, 0.25) is 5.02 Å². The number of halogens is 1. The van der Waals surface area contributed by atoms with Crippen LogP contribution in [-0.2, 0) is 4.79 Å². The van der Waals surface area contributed by atoms with E-state index in [0.29, 0.717) is 27.6 Å². The number of nitrogens with zero attached hydrogens (tertiary/aromatic N) is 3. The predicted octanol–water partition coefficient (Wildman–Crippen LogP) is 5.66. The van der Waals surface area contributed by atoms with Crippen molar-refractivity contribution in [3.05, 3.63) is 52.8 Å². The molecular weight excluding hydrogens is 408 g/mol. The third kappa shape index (κ3) is 3.80. The molecule has 0 unspecified atom stereocenters. The van der Waals surface area contributed by atoms with Crippen LogP contribution in [0.25, 0.3) is 17.4 Å². The Morgan fingerprint density at radius 2 is 1.93 bits per heavy atom. The van der Waals surface area contributed by atoms with E-state index in [2.05, 4.69) is 23.9 Å². The number of thioether (sulfide) groups is 1. The normalized spacial score (nSPS) is 17.8. The third-order valence-corrected chi connectivity index (χ3v) is 6.17. The van der Waals surface area contributed by atoms with Crippen molar-refractivity contribution in [2.45, 2.75) is 26.7 Å². The van der Waals surface area contributed by atoms with Crippen LogP contribution in [-0.4, -0.2) is 27.0 Å². The molecule has 2 aliphatic rings. The maximum Gasteiger partial charge on any atom is 0.283 e. The standard InChI is InChI=1S/C21H19ClN4O2S/c1-3-12(4-2)20-25-26-18(23)16(19(27)24-21(26)29-20)11-15-9-10-17(28-15)13-5-7-14(22)8-6-13/h5-12,23H,3-4H2,1-2H3. The highest BCUT2D eigenvalue weighted by Crippen LogP contribution is 2.33. The van der Waals surface area contributed by atoms with Crippen LogP contribution >= 0.6 is 23.4 Å². The van der Waals surface area contributed by atoms with Crippen LogP contribution < -0.4 is 0 Å². The van der Waals surface area contributed by atoms with Crippen molar-refractivity contribution < 1.29 is 9.21 Å². The van der Waals surface area contributed by atoms with E-state index in [4.69, 9.17) is 21.4 Å². The fourth-order valence-electron chi connectivity index (χ4n) is 3.15. The molecular formula is C21H19ClN4O2S. The molecule has 1 aromatic carbocycles. The predicted molar refractivity (Wildman–Crippen MR) is 118 cm³/mol. The molecule has 2 aliphatic heterocycles. The molecule has 1 N–H and O–H groups in total. The van der Waals surface area contributed by atoms with E-state index < -0.39 is 5.91 Å². The van der Waals surface area contributed by atoms with Gasteiger partial charge in [-0.25, -0.2) is 0 Å². The van der Waals surface area contributed by atoms with Gasteiger partial charge in [-0.2, -0.15) is 15.1 Å². The summed E-state index contributed by atoms with van der Waals surface area (Å²) in [4.78, 5) is 16.7. The number of carbonyl (C=O) groups is 1. The van der Waals surface area contributed by atoms with Crippen molar-refractivity contribution in [1.82, 2.24) is 5.01 Å². The van der Waals surface area contributed by atoms with Gasteiger partial charge in [-0.15, -0.1) is 0 Å². The maximum atomic E-state index is 12.5. The number of benzene rings is 1. The van der Waals surface area contributed by atoms with E-state index in [1.165, 1.54) is 16.8 Å². The second kappa shape index (κ2) is 8.00. The van der Waals surface area contributed by atoms with Gasteiger partial charge in [-0.1, -0.05) is 25.4 Å². The van der Waals surface area contributed by atoms with Crippen LogP contribution in [0.15, 0.2) is 56.5 Å². The molecule has 148 valence electrons. The second-order valence-corrected chi connectivity index (χ2v) is 8.10. The van der Waals surface area contributed by atoms with Crippen LogP contribution in [0.1, 0.15) is 32.4 Å². The first-order chi connectivity index (χ1) is 14.0. The molecule has 0 spiro atoms. The number of hydrogen-bond donors (Lipinski definition) is 1. The Kier molecular flexibility index (Phi) is 5.43. The Bertz CT molecular complexity index is 1060. The van der Waals surface area contributed by atoms with Gasteiger partial charge in [0.2, 0.25) is 5.17 Å². The van der Waals surface area contributed by atoms with Crippen molar-refractivity contribution in [2.24, 2.45) is 16.0 Å². The Morgan fingerprint density at radius 3 is 2.62 bits per heavy atom. The van der Waals surface area contributed by atoms with Crippen molar-refractivity contribution >= 4 is 51.4 Å². The van der Waals surface area contributed by atoms with E-state index >= 15 is 0 Å². The largest absolute Gasteiger partial charge is 0.457 e. The average molecular weight is 427 g/mol. The number of amidine groups is 2. The number of furan rings is 1. The van der Waals surface area contributed by atoms with Gasteiger partial charge in [0, 0.05) is 16.5 Å². The number of amides is 1. The lowest BCUT2D eigenvalue weighted by atomic mass is 10.1. The number of carbonyl (C=O) groups excluding carboxylic acids is 1. The Balaban J connectivity index is 1.61. The monoisotopic (exact) mass is 426 g/mol. The van der Waals surface area contributed by atoms with Crippen molar-refractivity contribution in [3.63, 3.8) is 0 Å². The quantitative estimate of drug-likeness (QED) is 0.625. The minimum atomic E-state index is -0.459. The molecule has 0 aliphatic carbocycles. The van der Waals surface area contributed by atoms with Crippen molar-refractivity contribution in [1.29, 1.82) is 5.41 Å². The van der Waals surface area contributed by atoms with Gasteiger partial charge in [-0.3, -0.25) is 10.2 Å². The highest BCUT2D eigenvalue weighted by Gasteiger charge is 2.37. The summed E-state index contributed by atoms with van der Waals surface area (Å²) in [6, 6.07) is 10.9. The zero-order valence-corrected chi connectivity index (χ0v) is 17.5. The number of aliphatic imine (C=N–C) groups is 1. The van der Waals surface area contributed by atoms with Gasteiger partial charge in [0.15, 0.2) is 5.84 Å². The minimum absolute atomic E-state index is 0.0119. The zero-order valence-electron chi connectivity index (χ0n) is 16.0. The lowest BCUT2D eigenvalue weighted by Crippen LogP contribution is -2.35. The van der Waals surface area contributed by atoms with Crippen LogP contribution in [0, 0.1) is 11.3 Å². The summed E-state index contributed by atoms with van der Waals surface area (Å²) in [7, 11) is 0. The molecule has 1 aromatic heterocycles.